The van der Waals surface area contributed by atoms with E-state index < -0.39 is 0 Å². The summed E-state index contributed by atoms with van der Waals surface area (Å²) in [7, 11) is 1.96. The number of halogens is 1. The molecule has 1 atom stereocenters. The summed E-state index contributed by atoms with van der Waals surface area (Å²) in [5.74, 6) is 1.61. The number of aryl methyl sites for hydroxylation is 2. The molecule has 26 heavy (non-hydrogen) atoms. The van der Waals surface area contributed by atoms with Gasteiger partial charge in [0.15, 0.2) is 5.96 Å². The van der Waals surface area contributed by atoms with Crippen molar-refractivity contribution in [2.45, 2.75) is 40.3 Å². The fraction of sp³-hybridized carbons (Fsp3) is 0.474. The maximum absolute atomic E-state index is 5.97. The van der Waals surface area contributed by atoms with Crippen molar-refractivity contribution in [1.82, 2.24) is 20.4 Å². The van der Waals surface area contributed by atoms with Gasteiger partial charge in [-0.2, -0.15) is 5.10 Å². The average Bonchev–Trinajstić information content (AvgIpc) is 2.85. The second-order valence-electron chi connectivity index (χ2n) is 6.21. The van der Waals surface area contributed by atoms with Crippen molar-refractivity contribution in [2.75, 3.05) is 13.1 Å². The van der Waals surface area contributed by atoms with Crippen LogP contribution in [0.4, 0.5) is 0 Å². The minimum Gasteiger partial charge on any atom is -0.488 e. The van der Waals surface area contributed by atoms with E-state index in [1.807, 2.05) is 49.8 Å². The van der Waals surface area contributed by atoms with Crippen molar-refractivity contribution < 1.29 is 4.74 Å². The lowest BCUT2D eigenvalue weighted by Gasteiger charge is -2.18. The van der Waals surface area contributed by atoms with Crippen LogP contribution in [-0.2, 0) is 13.6 Å². The van der Waals surface area contributed by atoms with Crippen LogP contribution >= 0.6 is 15.9 Å². The number of benzene rings is 1. The number of nitrogens with one attached hydrogen (secondary N) is 2. The third-order valence-corrected chi connectivity index (χ3v) is 4.78. The Kier molecular flexibility index (Phi) is 7.50. The molecule has 0 saturated carbocycles. The van der Waals surface area contributed by atoms with Gasteiger partial charge >= 0.3 is 0 Å². The Morgan fingerprint density at radius 2 is 2.04 bits per heavy atom. The van der Waals surface area contributed by atoms with Gasteiger partial charge in [0, 0.05) is 24.8 Å². The zero-order valence-electron chi connectivity index (χ0n) is 16.1. The second-order valence-corrected chi connectivity index (χ2v) is 7.06. The first-order valence-electron chi connectivity index (χ1n) is 8.84. The fourth-order valence-corrected chi connectivity index (χ4v) is 2.96. The molecule has 0 aliphatic rings. The molecule has 0 fully saturated rings. The van der Waals surface area contributed by atoms with Crippen LogP contribution in [-0.4, -0.2) is 34.9 Å². The van der Waals surface area contributed by atoms with Crippen molar-refractivity contribution in [3.8, 4) is 5.75 Å². The van der Waals surface area contributed by atoms with E-state index in [-0.39, 0.29) is 6.10 Å². The highest BCUT2D eigenvalue weighted by molar-refractivity contribution is 9.10. The SMILES string of the molecule is CCNC(=NCc1c(C)nn(C)c1C)NCC(C)Oc1ccccc1Br. The summed E-state index contributed by atoms with van der Waals surface area (Å²) in [6.07, 6.45) is -0.000537. The summed E-state index contributed by atoms with van der Waals surface area (Å²) in [5, 5.41) is 11.1. The largest absolute Gasteiger partial charge is 0.488 e. The molecule has 1 aromatic carbocycles. The molecule has 0 aliphatic heterocycles. The Morgan fingerprint density at radius 3 is 2.65 bits per heavy atom. The minimum absolute atomic E-state index is 0.000537. The predicted octanol–water partition coefficient (Wildman–Crippen LogP) is 3.32. The van der Waals surface area contributed by atoms with Crippen LogP contribution in [0.5, 0.6) is 5.75 Å². The lowest BCUT2D eigenvalue weighted by atomic mass is 10.2. The Morgan fingerprint density at radius 1 is 1.31 bits per heavy atom. The second kappa shape index (κ2) is 9.62. The summed E-state index contributed by atoms with van der Waals surface area (Å²) in [6.45, 7) is 10.2. The number of ether oxygens (including phenoxy) is 1. The standard InChI is InChI=1S/C19H28BrN5O/c1-6-21-19(23-12-16-14(3)24-25(5)15(16)4)22-11-13(2)26-18-10-8-7-9-17(18)20/h7-10,13H,6,11-12H2,1-5H3,(H2,21,22,23). The predicted molar refractivity (Wildman–Crippen MR) is 110 cm³/mol. The van der Waals surface area contributed by atoms with Gasteiger partial charge < -0.3 is 15.4 Å². The highest BCUT2D eigenvalue weighted by Gasteiger charge is 2.10. The molecular formula is C19H28BrN5O. The lowest BCUT2D eigenvalue weighted by Crippen LogP contribution is -2.41. The Bertz CT molecular complexity index is 756. The molecule has 0 saturated heterocycles. The van der Waals surface area contributed by atoms with Gasteiger partial charge in [-0.05, 0) is 55.8 Å². The number of nitrogens with zero attached hydrogens (tertiary/aromatic N) is 3. The zero-order valence-corrected chi connectivity index (χ0v) is 17.7. The van der Waals surface area contributed by atoms with E-state index in [9.17, 15) is 0 Å². The third kappa shape index (κ3) is 5.49. The molecule has 1 heterocycles. The summed E-state index contributed by atoms with van der Waals surface area (Å²) >= 11 is 3.51. The van der Waals surface area contributed by atoms with Crippen LogP contribution in [0.25, 0.3) is 0 Å². The van der Waals surface area contributed by atoms with Gasteiger partial charge in [-0.25, -0.2) is 4.99 Å². The van der Waals surface area contributed by atoms with E-state index in [4.69, 9.17) is 9.73 Å². The van der Waals surface area contributed by atoms with E-state index >= 15 is 0 Å². The molecule has 7 heteroatoms. The van der Waals surface area contributed by atoms with Crippen molar-refractivity contribution in [1.29, 1.82) is 0 Å². The van der Waals surface area contributed by atoms with Crippen LogP contribution in [0, 0.1) is 13.8 Å². The van der Waals surface area contributed by atoms with Crippen LogP contribution in [0.2, 0.25) is 0 Å². The maximum atomic E-state index is 5.97. The fourth-order valence-electron chi connectivity index (χ4n) is 2.59. The molecule has 1 aromatic heterocycles. The van der Waals surface area contributed by atoms with E-state index in [0.717, 1.165) is 34.1 Å². The smallest absolute Gasteiger partial charge is 0.191 e. The maximum Gasteiger partial charge on any atom is 0.191 e. The number of guanidine groups is 1. The number of para-hydroxylation sites is 1. The highest BCUT2D eigenvalue weighted by Crippen LogP contribution is 2.24. The summed E-state index contributed by atoms with van der Waals surface area (Å²) in [6, 6.07) is 7.86. The van der Waals surface area contributed by atoms with Crippen molar-refractivity contribution >= 4 is 21.9 Å². The molecule has 142 valence electrons. The third-order valence-electron chi connectivity index (χ3n) is 4.12. The van der Waals surface area contributed by atoms with Crippen LogP contribution < -0.4 is 15.4 Å². The van der Waals surface area contributed by atoms with Gasteiger partial charge in [0.05, 0.1) is 23.3 Å². The Labute approximate surface area is 164 Å². The summed E-state index contributed by atoms with van der Waals surface area (Å²) in [5.41, 5.74) is 3.34. The topological polar surface area (TPSA) is 63.5 Å². The van der Waals surface area contributed by atoms with Crippen LogP contribution in [0.3, 0.4) is 0 Å². The quantitative estimate of drug-likeness (QED) is 0.531. The van der Waals surface area contributed by atoms with E-state index in [0.29, 0.717) is 13.1 Å². The van der Waals surface area contributed by atoms with E-state index in [2.05, 4.69) is 45.5 Å². The zero-order chi connectivity index (χ0) is 19.1. The molecule has 0 spiro atoms. The first kappa shape index (κ1) is 20.3. The molecule has 2 aromatic rings. The first-order chi connectivity index (χ1) is 12.4. The number of hydrogen-bond donors (Lipinski definition) is 2. The van der Waals surface area contributed by atoms with Gasteiger partial charge in [0.2, 0.25) is 0 Å². The molecule has 2 rings (SSSR count). The normalized spacial score (nSPS) is 12.8. The molecule has 2 N–H and O–H groups in total. The molecule has 0 aliphatic carbocycles. The summed E-state index contributed by atoms with van der Waals surface area (Å²) in [4.78, 5) is 4.69. The summed E-state index contributed by atoms with van der Waals surface area (Å²) < 4.78 is 8.82. The van der Waals surface area contributed by atoms with Crippen molar-refractivity contribution in [3.05, 3.63) is 45.7 Å². The van der Waals surface area contributed by atoms with Gasteiger partial charge in [-0.3, -0.25) is 4.68 Å². The Balaban J connectivity index is 1.95. The number of aliphatic imine (C=N–C) groups is 1. The molecule has 1 unspecified atom stereocenters. The van der Waals surface area contributed by atoms with Crippen molar-refractivity contribution in [2.24, 2.45) is 12.0 Å². The van der Waals surface area contributed by atoms with Crippen LogP contribution in [0.1, 0.15) is 30.8 Å². The molecule has 0 bridgehead atoms. The molecule has 0 amide bonds. The van der Waals surface area contributed by atoms with Gasteiger partial charge in [0.1, 0.15) is 11.9 Å². The number of aromatic nitrogens is 2. The molecular weight excluding hydrogens is 394 g/mol. The van der Waals surface area contributed by atoms with Gasteiger partial charge in [-0.15, -0.1) is 0 Å². The van der Waals surface area contributed by atoms with Crippen LogP contribution in [0.15, 0.2) is 33.7 Å². The van der Waals surface area contributed by atoms with Crippen molar-refractivity contribution in [3.63, 3.8) is 0 Å². The first-order valence-corrected chi connectivity index (χ1v) is 9.64. The van der Waals surface area contributed by atoms with Gasteiger partial charge in [-0.1, -0.05) is 12.1 Å². The average molecular weight is 422 g/mol. The molecule has 0 radical (unpaired) electrons. The highest BCUT2D eigenvalue weighted by atomic mass is 79.9. The van der Waals surface area contributed by atoms with Gasteiger partial charge in [0.25, 0.3) is 0 Å². The van der Waals surface area contributed by atoms with E-state index in [1.165, 1.54) is 5.56 Å². The lowest BCUT2D eigenvalue weighted by molar-refractivity contribution is 0.222. The van der Waals surface area contributed by atoms with E-state index in [1.54, 1.807) is 0 Å². The monoisotopic (exact) mass is 421 g/mol. The molecule has 6 nitrogen and oxygen atoms in total. The Hall–Kier alpha value is -2.02. The number of rotatable bonds is 7. The number of hydrogen-bond acceptors (Lipinski definition) is 3. The minimum atomic E-state index is -0.000537.